The Balaban J connectivity index is 2.03. The van der Waals surface area contributed by atoms with Crippen LogP contribution in [0.25, 0.3) is 0 Å². The second-order valence-electron chi connectivity index (χ2n) is 4.90. The number of aryl methyl sites for hydroxylation is 2. The van der Waals surface area contributed by atoms with Crippen molar-refractivity contribution < 1.29 is 14.1 Å². The lowest BCUT2D eigenvalue weighted by atomic mass is 10.1. The predicted octanol–water partition coefficient (Wildman–Crippen LogP) is 3.61. The van der Waals surface area contributed by atoms with Crippen LogP contribution in [0.1, 0.15) is 17.5 Å². The van der Waals surface area contributed by atoms with Gasteiger partial charge in [-0.25, -0.2) is 4.39 Å². The third-order valence-corrected chi connectivity index (χ3v) is 3.27. The molecule has 0 radical (unpaired) electrons. The molecule has 6 heteroatoms. The highest BCUT2D eigenvalue weighted by Crippen LogP contribution is 2.27. The van der Waals surface area contributed by atoms with Gasteiger partial charge in [-0.05, 0) is 36.6 Å². The number of rotatable bonds is 5. The molecule has 2 rings (SSSR count). The van der Waals surface area contributed by atoms with Crippen molar-refractivity contribution in [2.45, 2.75) is 19.8 Å². The van der Waals surface area contributed by atoms with Gasteiger partial charge in [0.2, 0.25) is 5.91 Å². The maximum atomic E-state index is 12.8. The number of benzene rings is 2. The molecule has 114 valence electrons. The summed E-state index contributed by atoms with van der Waals surface area (Å²) in [5, 5.41) is 13.6. The number of nitro groups is 1. The Labute approximate surface area is 126 Å². The van der Waals surface area contributed by atoms with Gasteiger partial charge in [0.05, 0.1) is 4.92 Å². The van der Waals surface area contributed by atoms with E-state index in [1.165, 1.54) is 18.2 Å². The normalized spacial score (nSPS) is 10.3. The zero-order valence-corrected chi connectivity index (χ0v) is 12.0. The largest absolute Gasteiger partial charge is 0.320 e. The van der Waals surface area contributed by atoms with Gasteiger partial charge in [-0.3, -0.25) is 14.9 Å². The zero-order valence-electron chi connectivity index (χ0n) is 12.0. The van der Waals surface area contributed by atoms with E-state index >= 15 is 0 Å². The first-order valence-electron chi connectivity index (χ1n) is 6.75. The summed E-state index contributed by atoms with van der Waals surface area (Å²) < 4.78 is 12.8. The molecular weight excluding hydrogens is 287 g/mol. The summed E-state index contributed by atoms with van der Waals surface area (Å²) in [7, 11) is 0. The smallest absolute Gasteiger partial charge is 0.293 e. The molecule has 0 saturated heterocycles. The number of halogens is 1. The van der Waals surface area contributed by atoms with Crippen LogP contribution in [0.15, 0.2) is 42.5 Å². The van der Waals surface area contributed by atoms with Crippen molar-refractivity contribution in [1.29, 1.82) is 0 Å². The highest BCUT2D eigenvalue weighted by molar-refractivity contribution is 5.94. The van der Waals surface area contributed by atoms with Crippen LogP contribution < -0.4 is 5.32 Å². The minimum atomic E-state index is -0.525. The molecule has 0 aliphatic rings. The Morgan fingerprint density at radius 1 is 1.23 bits per heavy atom. The van der Waals surface area contributed by atoms with Crippen molar-refractivity contribution >= 4 is 17.3 Å². The Bertz CT molecular complexity index is 699. The fourth-order valence-electron chi connectivity index (χ4n) is 2.08. The summed E-state index contributed by atoms with van der Waals surface area (Å²) in [5.74, 6) is -0.648. The summed E-state index contributed by atoms with van der Waals surface area (Å²) in [6.07, 6.45) is 0.600. The molecule has 2 aromatic carbocycles. The van der Waals surface area contributed by atoms with E-state index in [0.29, 0.717) is 12.0 Å². The van der Waals surface area contributed by atoms with E-state index < -0.39 is 4.92 Å². The number of hydrogen-bond acceptors (Lipinski definition) is 3. The van der Waals surface area contributed by atoms with Crippen molar-refractivity contribution in [3.63, 3.8) is 0 Å². The maximum absolute atomic E-state index is 12.8. The van der Waals surface area contributed by atoms with Gasteiger partial charge in [-0.15, -0.1) is 0 Å². The van der Waals surface area contributed by atoms with Crippen LogP contribution in [-0.2, 0) is 11.2 Å². The Morgan fingerprint density at radius 2 is 1.91 bits per heavy atom. The van der Waals surface area contributed by atoms with E-state index in [9.17, 15) is 19.3 Å². The Kier molecular flexibility index (Phi) is 4.83. The third-order valence-electron chi connectivity index (χ3n) is 3.27. The molecule has 0 atom stereocenters. The summed E-state index contributed by atoms with van der Waals surface area (Å²) in [6.45, 7) is 1.70. The summed E-state index contributed by atoms with van der Waals surface area (Å²) >= 11 is 0. The fourth-order valence-corrected chi connectivity index (χ4v) is 2.08. The van der Waals surface area contributed by atoms with Gasteiger partial charge in [-0.2, -0.15) is 0 Å². The second-order valence-corrected chi connectivity index (χ2v) is 4.90. The average Bonchev–Trinajstić information content (AvgIpc) is 2.48. The number of hydrogen-bond donors (Lipinski definition) is 1. The molecule has 0 bridgehead atoms. The molecule has 0 heterocycles. The van der Waals surface area contributed by atoms with Crippen LogP contribution in [0.3, 0.4) is 0 Å². The quantitative estimate of drug-likeness (QED) is 0.677. The van der Waals surface area contributed by atoms with E-state index in [0.717, 1.165) is 5.56 Å². The second kappa shape index (κ2) is 6.80. The van der Waals surface area contributed by atoms with Gasteiger partial charge >= 0.3 is 0 Å². The fraction of sp³-hybridized carbons (Fsp3) is 0.188. The maximum Gasteiger partial charge on any atom is 0.293 e. The minimum absolute atomic E-state index is 0.130. The average molecular weight is 302 g/mol. The lowest BCUT2D eigenvalue weighted by molar-refractivity contribution is -0.384. The topological polar surface area (TPSA) is 72.2 Å². The first-order valence-corrected chi connectivity index (χ1v) is 6.75. The number of para-hydroxylation sites is 1. The monoisotopic (exact) mass is 302 g/mol. The Morgan fingerprint density at radius 3 is 2.55 bits per heavy atom. The predicted molar refractivity (Wildman–Crippen MR) is 81.2 cm³/mol. The first-order chi connectivity index (χ1) is 10.5. The highest BCUT2D eigenvalue weighted by Gasteiger charge is 2.17. The molecule has 2 aromatic rings. The minimum Gasteiger partial charge on any atom is -0.320 e. The molecule has 5 nitrogen and oxygen atoms in total. The number of nitrogens with one attached hydrogen (secondary N) is 1. The number of carbonyl (C=O) groups is 1. The lowest BCUT2D eigenvalue weighted by Gasteiger charge is -2.09. The SMILES string of the molecule is Cc1cccc([N+](=O)[O-])c1NC(=O)CCc1ccc(F)cc1. The lowest BCUT2D eigenvalue weighted by Crippen LogP contribution is -2.14. The molecule has 0 unspecified atom stereocenters. The van der Waals surface area contributed by atoms with E-state index in [-0.39, 0.29) is 29.5 Å². The summed E-state index contributed by atoms with van der Waals surface area (Å²) in [6, 6.07) is 10.5. The molecular formula is C16H15FN2O3. The van der Waals surface area contributed by atoms with Gasteiger partial charge in [0.25, 0.3) is 5.69 Å². The standard InChI is InChI=1S/C16H15FN2O3/c1-11-3-2-4-14(19(21)22)16(11)18-15(20)10-7-12-5-8-13(17)9-6-12/h2-6,8-9H,7,10H2,1H3,(H,18,20). The van der Waals surface area contributed by atoms with Crippen LogP contribution >= 0.6 is 0 Å². The molecule has 0 spiro atoms. The van der Waals surface area contributed by atoms with Gasteiger partial charge < -0.3 is 5.32 Å². The number of nitro benzene ring substituents is 1. The number of carbonyl (C=O) groups excluding carboxylic acids is 1. The number of anilines is 1. The summed E-state index contributed by atoms with van der Waals surface area (Å²) in [4.78, 5) is 22.4. The van der Waals surface area contributed by atoms with Gasteiger partial charge in [0, 0.05) is 12.5 Å². The van der Waals surface area contributed by atoms with Crippen LogP contribution in [0.5, 0.6) is 0 Å². The molecule has 1 amide bonds. The zero-order chi connectivity index (χ0) is 16.1. The van der Waals surface area contributed by atoms with Crippen molar-refractivity contribution in [3.8, 4) is 0 Å². The van der Waals surface area contributed by atoms with Crippen LogP contribution in [0.4, 0.5) is 15.8 Å². The van der Waals surface area contributed by atoms with Gasteiger partial charge in [0.15, 0.2) is 0 Å². The van der Waals surface area contributed by atoms with E-state index in [1.54, 1.807) is 31.2 Å². The van der Waals surface area contributed by atoms with Crippen LogP contribution in [0, 0.1) is 22.9 Å². The molecule has 22 heavy (non-hydrogen) atoms. The Hall–Kier alpha value is -2.76. The van der Waals surface area contributed by atoms with E-state index in [4.69, 9.17) is 0 Å². The number of nitrogens with zero attached hydrogens (tertiary/aromatic N) is 1. The molecule has 0 saturated carbocycles. The van der Waals surface area contributed by atoms with E-state index in [2.05, 4.69) is 5.32 Å². The first kappa shape index (κ1) is 15.6. The molecule has 0 aliphatic carbocycles. The molecule has 0 fully saturated rings. The summed E-state index contributed by atoms with van der Waals surface area (Å²) in [5.41, 5.74) is 1.55. The molecule has 0 aromatic heterocycles. The van der Waals surface area contributed by atoms with Crippen molar-refractivity contribution in [2.75, 3.05) is 5.32 Å². The van der Waals surface area contributed by atoms with Crippen LogP contribution in [0.2, 0.25) is 0 Å². The van der Waals surface area contributed by atoms with Crippen molar-refractivity contribution in [2.24, 2.45) is 0 Å². The highest BCUT2D eigenvalue weighted by atomic mass is 19.1. The number of amides is 1. The van der Waals surface area contributed by atoms with Crippen molar-refractivity contribution in [1.82, 2.24) is 0 Å². The third kappa shape index (κ3) is 3.88. The van der Waals surface area contributed by atoms with Gasteiger partial charge in [-0.1, -0.05) is 24.3 Å². The van der Waals surface area contributed by atoms with Crippen LogP contribution in [-0.4, -0.2) is 10.8 Å². The van der Waals surface area contributed by atoms with E-state index in [1.807, 2.05) is 0 Å². The van der Waals surface area contributed by atoms with Gasteiger partial charge in [0.1, 0.15) is 11.5 Å². The molecule has 0 aliphatic heterocycles. The molecule has 1 N–H and O–H groups in total. The van der Waals surface area contributed by atoms with Crippen molar-refractivity contribution in [3.05, 3.63) is 69.5 Å².